The fourth-order valence-electron chi connectivity index (χ4n) is 1.78. The molecule has 5 heteroatoms. The Labute approximate surface area is 105 Å². The second-order valence-corrected chi connectivity index (χ2v) is 4.03. The van der Waals surface area contributed by atoms with Gasteiger partial charge >= 0.3 is 0 Å². The number of amides is 1. The first-order valence-corrected chi connectivity index (χ1v) is 5.70. The lowest BCUT2D eigenvalue weighted by Crippen LogP contribution is -2.34. The predicted molar refractivity (Wildman–Crippen MR) is 70.0 cm³/mol. The first kappa shape index (κ1) is 12.3. The van der Waals surface area contributed by atoms with Crippen LogP contribution in [0.25, 0.3) is 6.08 Å². The number of hydrogen-bond acceptors (Lipinski definition) is 4. The number of phenols is 1. The standard InChI is InChI=1S/C13H15N3O2/c1-9-15-12(13(18)16(9)7-6-14)8-10-2-4-11(17)5-3-10/h2-5,8,17H,6-7,14H2,1H3/b12-8-. The second kappa shape index (κ2) is 5.01. The van der Waals surface area contributed by atoms with E-state index in [1.165, 1.54) is 0 Å². The summed E-state index contributed by atoms with van der Waals surface area (Å²) in [7, 11) is 0. The van der Waals surface area contributed by atoms with Crippen molar-refractivity contribution in [2.75, 3.05) is 13.1 Å². The van der Waals surface area contributed by atoms with Crippen molar-refractivity contribution in [3.63, 3.8) is 0 Å². The Hall–Kier alpha value is -2.14. The number of nitrogens with zero attached hydrogens (tertiary/aromatic N) is 2. The predicted octanol–water partition coefficient (Wildman–Crippen LogP) is 0.952. The molecule has 1 amide bonds. The van der Waals surface area contributed by atoms with E-state index >= 15 is 0 Å². The molecule has 0 fully saturated rings. The summed E-state index contributed by atoms with van der Waals surface area (Å²) in [5, 5.41) is 9.19. The molecule has 0 atom stereocenters. The lowest BCUT2D eigenvalue weighted by atomic mass is 10.2. The zero-order valence-corrected chi connectivity index (χ0v) is 10.1. The van der Waals surface area contributed by atoms with Crippen LogP contribution in [0.4, 0.5) is 0 Å². The van der Waals surface area contributed by atoms with Gasteiger partial charge in [0.05, 0.1) is 0 Å². The van der Waals surface area contributed by atoms with Crippen LogP contribution in [0.15, 0.2) is 35.0 Å². The van der Waals surface area contributed by atoms with Crippen molar-refractivity contribution in [2.45, 2.75) is 6.92 Å². The highest BCUT2D eigenvalue weighted by Crippen LogP contribution is 2.19. The van der Waals surface area contributed by atoms with E-state index in [-0.39, 0.29) is 11.7 Å². The van der Waals surface area contributed by atoms with Crippen LogP contribution >= 0.6 is 0 Å². The minimum Gasteiger partial charge on any atom is -0.508 e. The monoisotopic (exact) mass is 245 g/mol. The Morgan fingerprint density at radius 1 is 1.39 bits per heavy atom. The SMILES string of the molecule is CC1=N/C(=C\c2ccc(O)cc2)C(=O)N1CCN. The number of carbonyl (C=O) groups excluding carboxylic acids is 1. The minimum absolute atomic E-state index is 0.133. The number of rotatable bonds is 3. The van der Waals surface area contributed by atoms with E-state index in [0.717, 1.165) is 5.56 Å². The molecule has 94 valence electrons. The maximum Gasteiger partial charge on any atom is 0.277 e. The maximum absolute atomic E-state index is 12.0. The molecule has 5 nitrogen and oxygen atoms in total. The van der Waals surface area contributed by atoms with Crippen molar-refractivity contribution in [1.82, 2.24) is 4.90 Å². The quantitative estimate of drug-likeness (QED) is 0.778. The molecule has 0 spiro atoms. The van der Waals surface area contributed by atoms with Crippen molar-refractivity contribution in [1.29, 1.82) is 0 Å². The average molecular weight is 245 g/mol. The molecule has 0 bridgehead atoms. The highest BCUT2D eigenvalue weighted by molar-refractivity contribution is 6.13. The number of carbonyl (C=O) groups is 1. The largest absolute Gasteiger partial charge is 0.508 e. The molecular formula is C13H15N3O2. The van der Waals surface area contributed by atoms with Crippen molar-refractivity contribution in [3.8, 4) is 5.75 Å². The van der Waals surface area contributed by atoms with E-state index in [2.05, 4.69) is 4.99 Å². The van der Waals surface area contributed by atoms with Gasteiger partial charge in [-0.15, -0.1) is 0 Å². The summed E-state index contributed by atoms with van der Waals surface area (Å²) in [6.07, 6.45) is 1.70. The molecule has 1 aromatic carbocycles. The highest BCUT2D eigenvalue weighted by Gasteiger charge is 2.26. The van der Waals surface area contributed by atoms with E-state index in [0.29, 0.717) is 24.6 Å². The normalized spacial score (nSPS) is 17.4. The van der Waals surface area contributed by atoms with Gasteiger partial charge < -0.3 is 10.8 Å². The van der Waals surface area contributed by atoms with E-state index < -0.39 is 0 Å². The topological polar surface area (TPSA) is 78.9 Å². The molecule has 2 rings (SSSR count). The Morgan fingerprint density at radius 2 is 2.06 bits per heavy atom. The van der Waals surface area contributed by atoms with Gasteiger partial charge in [-0.25, -0.2) is 4.99 Å². The van der Waals surface area contributed by atoms with Crippen LogP contribution in [-0.4, -0.2) is 34.8 Å². The van der Waals surface area contributed by atoms with Gasteiger partial charge in [0.1, 0.15) is 17.3 Å². The van der Waals surface area contributed by atoms with Crippen molar-refractivity contribution in [3.05, 3.63) is 35.5 Å². The number of aliphatic imine (C=N–C) groups is 1. The third kappa shape index (κ3) is 2.41. The van der Waals surface area contributed by atoms with Crippen LogP contribution in [0.2, 0.25) is 0 Å². The number of hydrogen-bond donors (Lipinski definition) is 2. The molecule has 0 aliphatic carbocycles. The Morgan fingerprint density at radius 3 is 2.67 bits per heavy atom. The summed E-state index contributed by atoms with van der Waals surface area (Å²) >= 11 is 0. The third-order valence-electron chi connectivity index (χ3n) is 2.69. The van der Waals surface area contributed by atoms with Crippen LogP contribution in [0.3, 0.4) is 0 Å². The van der Waals surface area contributed by atoms with Crippen LogP contribution < -0.4 is 5.73 Å². The van der Waals surface area contributed by atoms with Crippen LogP contribution in [0, 0.1) is 0 Å². The smallest absolute Gasteiger partial charge is 0.277 e. The van der Waals surface area contributed by atoms with Crippen LogP contribution in [0.1, 0.15) is 12.5 Å². The van der Waals surface area contributed by atoms with Crippen LogP contribution in [0.5, 0.6) is 5.75 Å². The highest BCUT2D eigenvalue weighted by atomic mass is 16.3. The first-order valence-electron chi connectivity index (χ1n) is 5.70. The molecular weight excluding hydrogens is 230 g/mol. The lowest BCUT2D eigenvalue weighted by molar-refractivity contribution is -0.122. The van der Waals surface area contributed by atoms with Gasteiger partial charge in [0.2, 0.25) is 0 Å². The molecule has 0 saturated heterocycles. The summed E-state index contributed by atoms with van der Waals surface area (Å²) < 4.78 is 0. The summed E-state index contributed by atoms with van der Waals surface area (Å²) in [6.45, 7) is 2.66. The first-order chi connectivity index (χ1) is 8.61. The molecule has 18 heavy (non-hydrogen) atoms. The van der Waals surface area contributed by atoms with Gasteiger partial charge in [0.25, 0.3) is 5.91 Å². The molecule has 0 radical (unpaired) electrons. The molecule has 1 heterocycles. The summed E-state index contributed by atoms with van der Waals surface area (Å²) in [5.74, 6) is 0.723. The number of amidine groups is 1. The summed E-state index contributed by atoms with van der Waals surface area (Å²) in [4.78, 5) is 17.8. The number of nitrogens with two attached hydrogens (primary N) is 1. The minimum atomic E-state index is -0.133. The summed E-state index contributed by atoms with van der Waals surface area (Å²) in [6, 6.07) is 6.60. The average Bonchev–Trinajstić information content (AvgIpc) is 2.60. The number of phenolic OH excluding ortho intramolecular Hbond substituents is 1. The van der Waals surface area contributed by atoms with Gasteiger partial charge in [-0.05, 0) is 30.7 Å². The van der Waals surface area contributed by atoms with Gasteiger partial charge in [0, 0.05) is 13.1 Å². The van der Waals surface area contributed by atoms with Gasteiger partial charge in [-0.1, -0.05) is 12.1 Å². The van der Waals surface area contributed by atoms with E-state index in [1.54, 1.807) is 42.2 Å². The third-order valence-corrected chi connectivity index (χ3v) is 2.69. The van der Waals surface area contributed by atoms with E-state index in [9.17, 15) is 9.90 Å². The Bertz CT molecular complexity index is 518. The van der Waals surface area contributed by atoms with Gasteiger partial charge in [0.15, 0.2) is 0 Å². The molecule has 0 unspecified atom stereocenters. The summed E-state index contributed by atoms with van der Waals surface area (Å²) in [5.41, 5.74) is 6.67. The zero-order chi connectivity index (χ0) is 13.1. The lowest BCUT2D eigenvalue weighted by Gasteiger charge is -2.13. The molecule has 3 N–H and O–H groups in total. The Kier molecular flexibility index (Phi) is 3.43. The molecule has 0 saturated carbocycles. The van der Waals surface area contributed by atoms with Crippen LogP contribution in [-0.2, 0) is 4.79 Å². The van der Waals surface area contributed by atoms with Gasteiger partial charge in [-0.3, -0.25) is 9.69 Å². The molecule has 0 aromatic heterocycles. The number of benzene rings is 1. The van der Waals surface area contributed by atoms with Gasteiger partial charge in [-0.2, -0.15) is 0 Å². The Balaban J connectivity index is 2.25. The maximum atomic E-state index is 12.0. The van der Waals surface area contributed by atoms with Crippen molar-refractivity contribution < 1.29 is 9.90 Å². The molecule has 1 aliphatic rings. The van der Waals surface area contributed by atoms with Crippen molar-refractivity contribution in [2.24, 2.45) is 10.7 Å². The fourth-order valence-corrected chi connectivity index (χ4v) is 1.78. The molecule has 1 aliphatic heterocycles. The fraction of sp³-hybridized carbons (Fsp3) is 0.231. The number of aromatic hydroxyl groups is 1. The molecule has 1 aromatic rings. The second-order valence-electron chi connectivity index (χ2n) is 4.03. The van der Waals surface area contributed by atoms with E-state index in [4.69, 9.17) is 5.73 Å². The van der Waals surface area contributed by atoms with Crippen molar-refractivity contribution >= 4 is 17.8 Å². The van der Waals surface area contributed by atoms with E-state index in [1.807, 2.05) is 0 Å². The zero-order valence-electron chi connectivity index (χ0n) is 10.1.